The summed E-state index contributed by atoms with van der Waals surface area (Å²) in [5.74, 6) is 1.77. The second-order valence-corrected chi connectivity index (χ2v) is 5.89. The molecule has 0 aliphatic carbocycles. The van der Waals surface area contributed by atoms with E-state index in [2.05, 4.69) is 46.4 Å². The number of rotatable bonds is 8. The number of ether oxygens (including phenoxy) is 2. The monoisotopic (exact) mass is 363 g/mol. The molecule has 3 nitrogen and oxygen atoms in total. The van der Waals surface area contributed by atoms with Gasteiger partial charge in [0.15, 0.2) is 0 Å². The molecule has 0 spiro atoms. The van der Waals surface area contributed by atoms with Crippen molar-refractivity contribution in [2.75, 3.05) is 20.3 Å². The SMILES string of the molecule is CCc1ccc(OCCOc2ccc(Br)cc2CNC)cc1. The molecular weight excluding hydrogens is 342 g/mol. The van der Waals surface area contributed by atoms with Gasteiger partial charge >= 0.3 is 0 Å². The Morgan fingerprint density at radius 2 is 1.73 bits per heavy atom. The van der Waals surface area contributed by atoms with Gasteiger partial charge in [-0.05, 0) is 49.4 Å². The van der Waals surface area contributed by atoms with E-state index in [-0.39, 0.29) is 0 Å². The van der Waals surface area contributed by atoms with Gasteiger partial charge in [-0.2, -0.15) is 0 Å². The molecule has 1 N–H and O–H groups in total. The van der Waals surface area contributed by atoms with Crippen LogP contribution in [0.2, 0.25) is 0 Å². The fraction of sp³-hybridized carbons (Fsp3) is 0.333. The average molecular weight is 364 g/mol. The molecule has 2 rings (SSSR count). The van der Waals surface area contributed by atoms with Crippen molar-refractivity contribution in [1.82, 2.24) is 5.32 Å². The highest BCUT2D eigenvalue weighted by atomic mass is 79.9. The van der Waals surface area contributed by atoms with E-state index in [0.29, 0.717) is 13.2 Å². The molecule has 0 amide bonds. The zero-order valence-corrected chi connectivity index (χ0v) is 14.7. The van der Waals surface area contributed by atoms with Crippen LogP contribution in [0, 0.1) is 0 Å². The fourth-order valence-electron chi connectivity index (χ4n) is 2.15. The van der Waals surface area contributed by atoms with Crippen LogP contribution in [-0.4, -0.2) is 20.3 Å². The van der Waals surface area contributed by atoms with Gasteiger partial charge in [-0.1, -0.05) is 35.0 Å². The lowest BCUT2D eigenvalue weighted by Crippen LogP contribution is -2.12. The van der Waals surface area contributed by atoms with Crippen LogP contribution in [0.5, 0.6) is 11.5 Å². The number of hydrogen-bond acceptors (Lipinski definition) is 3. The summed E-state index contributed by atoms with van der Waals surface area (Å²) in [5.41, 5.74) is 2.44. The van der Waals surface area contributed by atoms with Gasteiger partial charge < -0.3 is 14.8 Å². The molecular formula is C18H22BrNO2. The van der Waals surface area contributed by atoms with Crippen molar-refractivity contribution in [1.29, 1.82) is 0 Å². The van der Waals surface area contributed by atoms with Crippen LogP contribution in [0.1, 0.15) is 18.1 Å². The maximum absolute atomic E-state index is 5.83. The molecule has 0 fully saturated rings. The van der Waals surface area contributed by atoms with E-state index >= 15 is 0 Å². The van der Waals surface area contributed by atoms with E-state index < -0.39 is 0 Å². The molecule has 0 unspecified atom stereocenters. The van der Waals surface area contributed by atoms with Gasteiger partial charge in [0.2, 0.25) is 0 Å². The Morgan fingerprint density at radius 3 is 2.41 bits per heavy atom. The van der Waals surface area contributed by atoms with Crippen LogP contribution >= 0.6 is 15.9 Å². The first-order chi connectivity index (χ1) is 10.7. The Morgan fingerprint density at radius 1 is 1.00 bits per heavy atom. The summed E-state index contributed by atoms with van der Waals surface area (Å²) in [5, 5.41) is 3.15. The highest BCUT2D eigenvalue weighted by Crippen LogP contribution is 2.23. The third kappa shape index (κ3) is 5.04. The lowest BCUT2D eigenvalue weighted by Gasteiger charge is -2.12. The molecule has 0 aliphatic heterocycles. The van der Waals surface area contributed by atoms with Crippen molar-refractivity contribution in [3.8, 4) is 11.5 Å². The molecule has 2 aromatic carbocycles. The Hall–Kier alpha value is -1.52. The first-order valence-electron chi connectivity index (χ1n) is 7.50. The van der Waals surface area contributed by atoms with E-state index in [1.807, 2.05) is 31.3 Å². The molecule has 0 saturated heterocycles. The van der Waals surface area contributed by atoms with E-state index in [4.69, 9.17) is 9.47 Å². The molecule has 0 saturated carbocycles. The molecule has 0 heterocycles. The minimum absolute atomic E-state index is 0.522. The zero-order valence-electron chi connectivity index (χ0n) is 13.1. The summed E-state index contributed by atoms with van der Waals surface area (Å²) in [6.45, 7) is 3.97. The van der Waals surface area contributed by atoms with Crippen molar-refractivity contribution < 1.29 is 9.47 Å². The minimum Gasteiger partial charge on any atom is -0.490 e. The number of hydrogen-bond donors (Lipinski definition) is 1. The van der Waals surface area contributed by atoms with Gasteiger partial charge in [0.05, 0.1) is 0 Å². The maximum atomic E-state index is 5.83. The van der Waals surface area contributed by atoms with E-state index in [9.17, 15) is 0 Å². The standard InChI is InChI=1S/C18H22BrNO2/c1-3-14-4-7-17(8-5-14)21-10-11-22-18-9-6-16(19)12-15(18)13-20-2/h4-9,12,20H,3,10-11,13H2,1-2H3. The number of benzene rings is 2. The zero-order chi connectivity index (χ0) is 15.8. The van der Waals surface area contributed by atoms with Crippen LogP contribution in [0.4, 0.5) is 0 Å². The number of nitrogens with one attached hydrogen (secondary N) is 1. The molecule has 0 bridgehead atoms. The van der Waals surface area contributed by atoms with Gasteiger partial charge in [0.1, 0.15) is 24.7 Å². The highest BCUT2D eigenvalue weighted by Gasteiger charge is 2.04. The smallest absolute Gasteiger partial charge is 0.124 e. The van der Waals surface area contributed by atoms with Crippen LogP contribution < -0.4 is 14.8 Å². The first-order valence-corrected chi connectivity index (χ1v) is 8.29. The van der Waals surface area contributed by atoms with E-state index in [0.717, 1.165) is 34.5 Å². The maximum Gasteiger partial charge on any atom is 0.124 e. The number of aryl methyl sites for hydroxylation is 1. The van der Waals surface area contributed by atoms with Gasteiger partial charge in [0.25, 0.3) is 0 Å². The summed E-state index contributed by atoms with van der Waals surface area (Å²) < 4.78 is 12.6. The van der Waals surface area contributed by atoms with Crippen molar-refractivity contribution in [3.05, 3.63) is 58.1 Å². The normalized spacial score (nSPS) is 10.5. The fourth-order valence-corrected chi connectivity index (χ4v) is 2.56. The van der Waals surface area contributed by atoms with Gasteiger partial charge in [-0.3, -0.25) is 0 Å². The van der Waals surface area contributed by atoms with Gasteiger partial charge in [-0.25, -0.2) is 0 Å². The van der Waals surface area contributed by atoms with Crippen LogP contribution in [0.15, 0.2) is 46.9 Å². The average Bonchev–Trinajstić information content (AvgIpc) is 2.54. The molecule has 0 radical (unpaired) electrons. The Balaban J connectivity index is 1.83. The predicted octanol–water partition coefficient (Wildman–Crippen LogP) is 4.19. The van der Waals surface area contributed by atoms with Crippen LogP contribution in [-0.2, 0) is 13.0 Å². The topological polar surface area (TPSA) is 30.5 Å². The largest absolute Gasteiger partial charge is 0.490 e. The summed E-state index contributed by atoms with van der Waals surface area (Å²) in [6, 6.07) is 14.2. The van der Waals surface area contributed by atoms with Gasteiger partial charge in [-0.15, -0.1) is 0 Å². The summed E-state index contributed by atoms with van der Waals surface area (Å²) in [4.78, 5) is 0. The van der Waals surface area contributed by atoms with Crippen LogP contribution in [0.3, 0.4) is 0 Å². The Kier molecular flexibility index (Phi) is 6.74. The Bertz CT molecular complexity index is 584. The van der Waals surface area contributed by atoms with E-state index in [1.54, 1.807) is 0 Å². The molecule has 0 atom stereocenters. The second-order valence-electron chi connectivity index (χ2n) is 4.98. The first kappa shape index (κ1) is 16.8. The highest BCUT2D eigenvalue weighted by molar-refractivity contribution is 9.10. The molecule has 118 valence electrons. The predicted molar refractivity (Wildman–Crippen MR) is 93.7 cm³/mol. The summed E-state index contributed by atoms with van der Waals surface area (Å²) in [6.07, 6.45) is 1.04. The third-order valence-corrected chi connectivity index (χ3v) is 3.82. The lowest BCUT2D eigenvalue weighted by molar-refractivity contribution is 0.215. The molecule has 4 heteroatoms. The molecule has 0 aliphatic rings. The van der Waals surface area contributed by atoms with E-state index in [1.165, 1.54) is 5.56 Å². The Labute approximate surface area is 140 Å². The van der Waals surface area contributed by atoms with Crippen molar-refractivity contribution >= 4 is 15.9 Å². The molecule has 0 aromatic heterocycles. The third-order valence-electron chi connectivity index (χ3n) is 3.33. The van der Waals surface area contributed by atoms with Crippen molar-refractivity contribution in [3.63, 3.8) is 0 Å². The molecule has 22 heavy (non-hydrogen) atoms. The summed E-state index contributed by atoms with van der Waals surface area (Å²) in [7, 11) is 1.92. The van der Waals surface area contributed by atoms with Crippen LogP contribution in [0.25, 0.3) is 0 Å². The number of halogens is 1. The van der Waals surface area contributed by atoms with Crippen molar-refractivity contribution in [2.24, 2.45) is 0 Å². The molecule has 2 aromatic rings. The lowest BCUT2D eigenvalue weighted by atomic mass is 10.2. The minimum atomic E-state index is 0.522. The van der Waals surface area contributed by atoms with Crippen molar-refractivity contribution in [2.45, 2.75) is 19.9 Å². The van der Waals surface area contributed by atoms with Gasteiger partial charge in [0, 0.05) is 16.6 Å². The quantitative estimate of drug-likeness (QED) is 0.713. The summed E-state index contributed by atoms with van der Waals surface area (Å²) >= 11 is 3.48. The second kappa shape index (κ2) is 8.81.